The predicted molar refractivity (Wildman–Crippen MR) is 212 cm³/mol. The Kier molecular flexibility index (Phi) is 11.7. The summed E-state index contributed by atoms with van der Waals surface area (Å²) in [4.78, 5) is 15.6. The molecule has 4 heterocycles. The number of fused-ring (bicyclic) bond motifs is 4. The Hall–Kier alpha value is -4.23. The number of aromatic nitrogens is 3. The van der Waals surface area contributed by atoms with Crippen molar-refractivity contribution in [3.63, 3.8) is 0 Å². The number of alkyl halides is 3. The second kappa shape index (κ2) is 16.3. The highest BCUT2D eigenvalue weighted by Crippen LogP contribution is 2.46. The van der Waals surface area contributed by atoms with Gasteiger partial charge in [-0.2, -0.15) is 18.2 Å². The summed E-state index contributed by atoms with van der Waals surface area (Å²) in [5.74, 6) is -1.56. The van der Waals surface area contributed by atoms with Gasteiger partial charge in [0.2, 0.25) is 11.8 Å². The molecule has 13 heteroatoms. The fraction of sp³-hybridized carbons (Fsp3) is 0.512. The molecule has 3 aliphatic rings. The van der Waals surface area contributed by atoms with Crippen LogP contribution >= 0.6 is 0 Å². The highest BCUT2D eigenvalue weighted by molar-refractivity contribution is 7.92. The second-order valence-electron chi connectivity index (χ2n) is 16.8. The molecule has 300 valence electrons. The summed E-state index contributed by atoms with van der Waals surface area (Å²) >= 11 is 0. The number of anilines is 2. The number of halogens is 3. The molecule has 4 aromatic rings. The van der Waals surface area contributed by atoms with Gasteiger partial charge >= 0.3 is 6.18 Å². The molecule has 0 spiro atoms. The lowest BCUT2D eigenvalue weighted by atomic mass is 9.74. The smallest absolute Gasteiger partial charge is 0.423 e. The van der Waals surface area contributed by atoms with Crippen LogP contribution in [0.15, 0.2) is 65.7 Å². The van der Waals surface area contributed by atoms with Gasteiger partial charge in [-0.15, -0.1) is 0 Å². The minimum atomic E-state index is -4.92. The summed E-state index contributed by atoms with van der Waals surface area (Å²) in [5.41, 5.74) is 2.41. The van der Waals surface area contributed by atoms with E-state index in [9.17, 15) is 8.42 Å². The number of rotatable bonds is 7. The van der Waals surface area contributed by atoms with E-state index >= 15 is 13.2 Å². The van der Waals surface area contributed by atoms with Crippen LogP contribution in [0.25, 0.3) is 11.3 Å². The van der Waals surface area contributed by atoms with E-state index < -0.39 is 33.6 Å². The van der Waals surface area contributed by atoms with Crippen molar-refractivity contribution in [1.29, 1.82) is 0 Å². The lowest BCUT2D eigenvalue weighted by Crippen LogP contribution is -2.36. The molecule has 1 aliphatic carbocycles. The van der Waals surface area contributed by atoms with Crippen LogP contribution in [-0.4, -0.2) is 56.3 Å². The molecule has 1 saturated heterocycles. The summed E-state index contributed by atoms with van der Waals surface area (Å²) in [6, 6.07) is 16.2. The maximum atomic E-state index is 15.5. The monoisotopic (exact) mass is 791 g/mol. The van der Waals surface area contributed by atoms with E-state index in [4.69, 9.17) is 14.5 Å². The number of sulfonamides is 1. The van der Waals surface area contributed by atoms with Crippen molar-refractivity contribution in [1.82, 2.24) is 15.0 Å². The minimum absolute atomic E-state index is 0.0351. The minimum Gasteiger partial charge on any atom is -0.477 e. The molecule has 56 heavy (non-hydrogen) atoms. The van der Waals surface area contributed by atoms with Crippen LogP contribution in [-0.2, 0) is 33.8 Å². The average Bonchev–Trinajstić information content (AvgIpc) is 3.15. The van der Waals surface area contributed by atoms with Gasteiger partial charge in [-0.1, -0.05) is 83.2 Å². The SMILES string of the molecule is Cc1cccc(CC2CCCCC2)c1-c1nc2nc(c1C(F)(F)F)OC[C@@H](CC(C)(C)C)C(Cc1ccc(N3CCOCC3)cn1)c1cccc(c1)S(=O)(=O)N2. The number of nitrogens with one attached hydrogen (secondary N) is 1. The number of nitrogens with zero attached hydrogens (tertiary/aromatic N) is 4. The molecule has 0 amide bonds. The first-order chi connectivity index (χ1) is 26.6. The predicted octanol–water partition coefficient (Wildman–Crippen LogP) is 9.40. The Balaban J connectivity index is 1.35. The maximum Gasteiger partial charge on any atom is 0.423 e. The van der Waals surface area contributed by atoms with E-state index in [-0.39, 0.29) is 34.4 Å². The normalized spacial score (nSPS) is 20.7. The van der Waals surface area contributed by atoms with Crippen molar-refractivity contribution in [2.24, 2.45) is 17.3 Å². The molecule has 9 nitrogen and oxygen atoms in total. The first kappa shape index (κ1) is 40.0. The molecule has 2 aromatic heterocycles. The Morgan fingerprint density at radius 1 is 0.929 bits per heavy atom. The first-order valence-corrected chi connectivity index (χ1v) is 21.2. The van der Waals surface area contributed by atoms with Crippen LogP contribution < -0.4 is 14.4 Å². The number of morpholine rings is 1. The van der Waals surface area contributed by atoms with Gasteiger partial charge < -0.3 is 14.4 Å². The second-order valence-corrected chi connectivity index (χ2v) is 18.5. The first-order valence-electron chi connectivity index (χ1n) is 19.8. The zero-order valence-corrected chi connectivity index (χ0v) is 33.5. The van der Waals surface area contributed by atoms with Crippen LogP contribution in [0.1, 0.15) is 93.2 Å². The number of aryl methyl sites for hydroxylation is 1. The molecule has 2 fully saturated rings. The van der Waals surface area contributed by atoms with Gasteiger partial charge in [0.15, 0.2) is 0 Å². The van der Waals surface area contributed by atoms with Crippen LogP contribution in [0.3, 0.4) is 0 Å². The molecule has 1 unspecified atom stereocenters. The van der Waals surface area contributed by atoms with E-state index in [1.807, 2.05) is 36.5 Å². The highest BCUT2D eigenvalue weighted by atomic mass is 32.2. The van der Waals surface area contributed by atoms with Gasteiger partial charge in [0.25, 0.3) is 10.0 Å². The third-order valence-corrected chi connectivity index (χ3v) is 12.6. The molecule has 2 aromatic carbocycles. The van der Waals surface area contributed by atoms with Crippen molar-refractivity contribution in [2.75, 3.05) is 42.5 Å². The molecule has 1 saturated carbocycles. The van der Waals surface area contributed by atoms with E-state index in [0.717, 1.165) is 67.7 Å². The fourth-order valence-electron chi connectivity index (χ4n) is 8.68. The van der Waals surface area contributed by atoms with Crippen LogP contribution in [0.5, 0.6) is 5.88 Å². The summed E-state index contributed by atoms with van der Waals surface area (Å²) in [6.45, 7) is 10.7. The molecule has 2 atom stereocenters. The van der Waals surface area contributed by atoms with Crippen LogP contribution in [0, 0.1) is 24.2 Å². The quantitative estimate of drug-likeness (QED) is 0.198. The Bertz CT molecular complexity index is 2110. The summed E-state index contributed by atoms with van der Waals surface area (Å²) in [7, 11) is -4.35. The lowest BCUT2D eigenvalue weighted by molar-refractivity contribution is -0.139. The Labute approximate surface area is 328 Å². The molecule has 7 rings (SSSR count). The number of hydrogen-bond donors (Lipinski definition) is 1. The summed E-state index contributed by atoms with van der Waals surface area (Å²) in [5, 5.41) is 0. The third kappa shape index (κ3) is 9.31. The number of benzene rings is 2. The standard InChI is InChI=1S/C43H52F3N5O4S/c1-28-10-8-14-31(22-29-11-6-5-7-12-29)37(28)39-38(43(44,45)46)40-49-41(48-39)50-56(52,53)35-15-9-13-30(23-35)36(32(27-55-40)25-42(2,3)4)24-33-16-17-34(26-47-33)51-18-20-54-21-19-51/h8-10,13-17,23,26,29,32,36H,5-7,11-12,18-22,24-25,27H2,1-4H3,(H,48,49,50)/t32-,36?/m1/s1. The number of pyridine rings is 1. The summed E-state index contributed by atoms with van der Waals surface area (Å²) < 4.78 is 89.0. The average molecular weight is 792 g/mol. The highest BCUT2D eigenvalue weighted by Gasteiger charge is 2.42. The number of hydrogen-bond acceptors (Lipinski definition) is 8. The van der Waals surface area contributed by atoms with Gasteiger partial charge in [0.05, 0.1) is 42.3 Å². The topological polar surface area (TPSA) is 107 Å². The molecule has 4 bridgehead atoms. The molecular formula is C43H52F3N5O4S. The van der Waals surface area contributed by atoms with Gasteiger partial charge in [0, 0.05) is 30.3 Å². The van der Waals surface area contributed by atoms with Crippen molar-refractivity contribution in [3.05, 3.63) is 88.7 Å². The van der Waals surface area contributed by atoms with Gasteiger partial charge in [0.1, 0.15) is 5.56 Å². The van der Waals surface area contributed by atoms with Crippen LogP contribution in [0.4, 0.5) is 24.8 Å². The zero-order valence-electron chi connectivity index (χ0n) is 32.7. The van der Waals surface area contributed by atoms with Crippen molar-refractivity contribution in [2.45, 2.75) is 96.1 Å². The van der Waals surface area contributed by atoms with Gasteiger partial charge in [-0.05, 0) is 84.4 Å². The molecule has 1 N–H and O–H groups in total. The van der Waals surface area contributed by atoms with Gasteiger partial charge in [-0.25, -0.2) is 18.1 Å². The van der Waals surface area contributed by atoms with Crippen molar-refractivity contribution < 1.29 is 31.1 Å². The van der Waals surface area contributed by atoms with Crippen molar-refractivity contribution in [3.8, 4) is 17.1 Å². The largest absolute Gasteiger partial charge is 0.477 e. The molecular weight excluding hydrogens is 740 g/mol. The van der Waals surface area contributed by atoms with E-state index in [1.54, 1.807) is 25.1 Å². The van der Waals surface area contributed by atoms with E-state index in [0.29, 0.717) is 49.5 Å². The fourth-order valence-corrected chi connectivity index (χ4v) is 9.67. The zero-order chi connectivity index (χ0) is 39.7. The summed E-state index contributed by atoms with van der Waals surface area (Å²) in [6.07, 6.45) is 3.83. The van der Waals surface area contributed by atoms with E-state index in [2.05, 4.69) is 40.4 Å². The molecule has 0 radical (unpaired) electrons. The van der Waals surface area contributed by atoms with Crippen LogP contribution in [0.2, 0.25) is 0 Å². The number of ether oxygens (including phenoxy) is 2. The lowest BCUT2D eigenvalue weighted by Gasteiger charge is -2.33. The van der Waals surface area contributed by atoms with E-state index in [1.165, 1.54) is 6.07 Å². The molecule has 2 aliphatic heterocycles. The maximum absolute atomic E-state index is 15.5. The third-order valence-electron chi connectivity index (χ3n) is 11.3. The Morgan fingerprint density at radius 2 is 1.68 bits per heavy atom. The van der Waals surface area contributed by atoms with Gasteiger partial charge in [-0.3, -0.25) is 4.98 Å². The van der Waals surface area contributed by atoms with Crippen molar-refractivity contribution >= 4 is 21.7 Å². The Morgan fingerprint density at radius 3 is 2.38 bits per heavy atom.